The summed E-state index contributed by atoms with van der Waals surface area (Å²) in [6, 6.07) is 25.1. The predicted molar refractivity (Wildman–Crippen MR) is 114 cm³/mol. The molecule has 0 bridgehead atoms. The lowest BCUT2D eigenvalue weighted by atomic mass is 10.0. The van der Waals surface area contributed by atoms with Gasteiger partial charge < -0.3 is 15.4 Å². The van der Waals surface area contributed by atoms with E-state index in [0.717, 1.165) is 34.5 Å². The zero-order valence-electron chi connectivity index (χ0n) is 16.3. The van der Waals surface area contributed by atoms with Crippen LogP contribution in [0.25, 0.3) is 0 Å². The summed E-state index contributed by atoms with van der Waals surface area (Å²) < 4.78 is 5.42. The molecule has 1 amide bonds. The second-order valence-corrected chi connectivity index (χ2v) is 6.71. The van der Waals surface area contributed by atoms with E-state index in [1.54, 1.807) is 7.11 Å². The SMILES string of the molecule is COc1ccccc1CCN[C@H](C(=O)Nc1ccc(C)cc1)c1ccccc1. The molecule has 0 heterocycles. The molecule has 144 valence electrons. The maximum Gasteiger partial charge on any atom is 0.246 e. The van der Waals surface area contributed by atoms with E-state index in [1.807, 2.05) is 85.8 Å². The molecule has 0 aromatic heterocycles. The highest BCUT2D eigenvalue weighted by molar-refractivity contribution is 5.95. The number of benzene rings is 3. The Balaban J connectivity index is 1.70. The van der Waals surface area contributed by atoms with Gasteiger partial charge in [0.15, 0.2) is 0 Å². The van der Waals surface area contributed by atoms with Gasteiger partial charge in [-0.25, -0.2) is 0 Å². The van der Waals surface area contributed by atoms with Crippen molar-refractivity contribution in [1.29, 1.82) is 0 Å². The van der Waals surface area contributed by atoms with Crippen LogP contribution in [0.1, 0.15) is 22.7 Å². The average Bonchev–Trinajstić information content (AvgIpc) is 2.73. The Labute approximate surface area is 166 Å². The van der Waals surface area contributed by atoms with Gasteiger partial charge in [-0.05, 0) is 42.7 Å². The van der Waals surface area contributed by atoms with Crippen LogP contribution in [-0.4, -0.2) is 19.6 Å². The number of hydrogen-bond acceptors (Lipinski definition) is 3. The smallest absolute Gasteiger partial charge is 0.246 e. The van der Waals surface area contributed by atoms with Gasteiger partial charge in [0.1, 0.15) is 11.8 Å². The molecule has 4 nitrogen and oxygen atoms in total. The molecule has 3 rings (SSSR count). The van der Waals surface area contributed by atoms with Crippen molar-refractivity contribution in [2.24, 2.45) is 0 Å². The number of para-hydroxylation sites is 1. The Bertz CT molecular complexity index is 892. The molecule has 0 unspecified atom stereocenters. The predicted octanol–water partition coefficient (Wildman–Crippen LogP) is 4.52. The maximum absolute atomic E-state index is 13.0. The third-order valence-electron chi connectivity index (χ3n) is 4.65. The van der Waals surface area contributed by atoms with Gasteiger partial charge in [-0.15, -0.1) is 0 Å². The van der Waals surface area contributed by atoms with Crippen molar-refractivity contribution in [2.75, 3.05) is 19.0 Å². The highest BCUT2D eigenvalue weighted by Crippen LogP contribution is 2.19. The van der Waals surface area contributed by atoms with Crippen LogP contribution in [0.2, 0.25) is 0 Å². The second kappa shape index (κ2) is 9.72. The van der Waals surface area contributed by atoms with Gasteiger partial charge >= 0.3 is 0 Å². The van der Waals surface area contributed by atoms with Crippen molar-refractivity contribution in [3.05, 3.63) is 95.6 Å². The van der Waals surface area contributed by atoms with Crippen molar-refractivity contribution >= 4 is 11.6 Å². The Morgan fingerprint density at radius 1 is 0.929 bits per heavy atom. The van der Waals surface area contributed by atoms with Crippen molar-refractivity contribution in [1.82, 2.24) is 5.32 Å². The Morgan fingerprint density at radius 3 is 2.32 bits per heavy atom. The van der Waals surface area contributed by atoms with E-state index in [2.05, 4.69) is 10.6 Å². The molecule has 3 aromatic carbocycles. The highest BCUT2D eigenvalue weighted by Gasteiger charge is 2.20. The number of aryl methyl sites for hydroxylation is 1. The second-order valence-electron chi connectivity index (χ2n) is 6.71. The summed E-state index contributed by atoms with van der Waals surface area (Å²) in [5.74, 6) is 0.791. The normalized spacial score (nSPS) is 11.6. The summed E-state index contributed by atoms with van der Waals surface area (Å²) in [7, 11) is 1.67. The molecule has 0 fully saturated rings. The lowest BCUT2D eigenvalue weighted by Gasteiger charge is -2.19. The van der Waals surface area contributed by atoms with Crippen molar-refractivity contribution < 1.29 is 9.53 Å². The summed E-state index contributed by atoms with van der Waals surface area (Å²) in [5, 5.41) is 6.41. The van der Waals surface area contributed by atoms with E-state index in [4.69, 9.17) is 4.74 Å². The monoisotopic (exact) mass is 374 g/mol. The number of methoxy groups -OCH3 is 1. The molecule has 0 spiro atoms. The quantitative estimate of drug-likeness (QED) is 0.610. The van der Waals surface area contributed by atoms with Gasteiger partial charge in [-0.1, -0.05) is 66.2 Å². The average molecular weight is 374 g/mol. The first-order valence-electron chi connectivity index (χ1n) is 9.45. The van der Waals surface area contributed by atoms with Crippen LogP contribution in [0.4, 0.5) is 5.69 Å². The van der Waals surface area contributed by atoms with Crippen molar-refractivity contribution in [3.63, 3.8) is 0 Å². The summed E-state index contributed by atoms with van der Waals surface area (Å²) >= 11 is 0. The summed E-state index contributed by atoms with van der Waals surface area (Å²) in [6.45, 7) is 2.68. The molecule has 2 N–H and O–H groups in total. The number of nitrogens with one attached hydrogen (secondary N) is 2. The molecule has 3 aromatic rings. The van der Waals surface area contributed by atoms with Gasteiger partial charge in [-0.3, -0.25) is 4.79 Å². The lowest BCUT2D eigenvalue weighted by molar-refractivity contribution is -0.118. The fraction of sp³-hybridized carbons (Fsp3) is 0.208. The summed E-state index contributed by atoms with van der Waals surface area (Å²) in [5.41, 5.74) is 4.01. The van der Waals surface area contributed by atoms with Crippen LogP contribution >= 0.6 is 0 Å². The third-order valence-corrected chi connectivity index (χ3v) is 4.65. The third kappa shape index (κ3) is 5.21. The molecule has 0 aliphatic carbocycles. The lowest BCUT2D eigenvalue weighted by Crippen LogP contribution is -2.34. The molecule has 0 saturated carbocycles. The largest absolute Gasteiger partial charge is 0.496 e. The molecule has 0 aliphatic rings. The summed E-state index contributed by atoms with van der Waals surface area (Å²) in [4.78, 5) is 13.0. The van der Waals surface area contributed by atoms with Crippen LogP contribution < -0.4 is 15.4 Å². The van der Waals surface area contributed by atoms with Crippen molar-refractivity contribution in [3.8, 4) is 5.75 Å². The van der Waals surface area contributed by atoms with E-state index in [9.17, 15) is 4.79 Å². The van der Waals surface area contributed by atoms with E-state index in [-0.39, 0.29) is 5.91 Å². The molecular formula is C24H26N2O2. The Hall–Kier alpha value is -3.11. The van der Waals surface area contributed by atoms with Crippen molar-refractivity contribution in [2.45, 2.75) is 19.4 Å². The first kappa shape index (κ1) is 19.6. The molecule has 4 heteroatoms. The molecule has 1 atom stereocenters. The number of amides is 1. The number of carbonyl (C=O) groups is 1. The summed E-state index contributed by atoms with van der Waals surface area (Å²) in [6.07, 6.45) is 0.769. The van der Waals surface area contributed by atoms with Crippen LogP contribution in [-0.2, 0) is 11.2 Å². The standard InChI is InChI=1S/C24H26N2O2/c1-18-12-14-21(15-13-18)26-24(27)23(20-9-4-3-5-10-20)25-17-16-19-8-6-7-11-22(19)28-2/h3-15,23,25H,16-17H2,1-2H3,(H,26,27)/t23-/m0/s1. The number of hydrogen-bond donors (Lipinski definition) is 2. The molecule has 0 aliphatic heterocycles. The fourth-order valence-electron chi connectivity index (χ4n) is 3.12. The van der Waals surface area contributed by atoms with Gasteiger partial charge in [0, 0.05) is 12.2 Å². The zero-order valence-corrected chi connectivity index (χ0v) is 16.3. The molecule has 0 radical (unpaired) electrons. The van der Waals surface area contributed by atoms with Gasteiger partial charge in [0.25, 0.3) is 0 Å². The minimum Gasteiger partial charge on any atom is -0.496 e. The number of carbonyl (C=O) groups excluding carboxylic acids is 1. The van der Waals surface area contributed by atoms with Gasteiger partial charge in [-0.2, -0.15) is 0 Å². The zero-order chi connectivity index (χ0) is 19.8. The van der Waals surface area contributed by atoms with E-state index in [0.29, 0.717) is 6.54 Å². The van der Waals surface area contributed by atoms with E-state index >= 15 is 0 Å². The Kier molecular flexibility index (Phi) is 6.82. The first-order valence-corrected chi connectivity index (χ1v) is 9.45. The van der Waals surface area contributed by atoms with Crippen LogP contribution in [0.3, 0.4) is 0 Å². The molecule has 28 heavy (non-hydrogen) atoms. The molecular weight excluding hydrogens is 348 g/mol. The minimum atomic E-state index is -0.433. The Morgan fingerprint density at radius 2 is 1.61 bits per heavy atom. The van der Waals surface area contributed by atoms with Crippen LogP contribution in [0, 0.1) is 6.92 Å². The van der Waals surface area contributed by atoms with E-state index in [1.165, 1.54) is 0 Å². The topological polar surface area (TPSA) is 50.4 Å². The van der Waals surface area contributed by atoms with E-state index < -0.39 is 6.04 Å². The fourth-order valence-corrected chi connectivity index (χ4v) is 3.12. The van der Waals surface area contributed by atoms with Crippen LogP contribution in [0.15, 0.2) is 78.9 Å². The van der Waals surface area contributed by atoms with Gasteiger partial charge in [0.2, 0.25) is 5.91 Å². The maximum atomic E-state index is 13.0. The highest BCUT2D eigenvalue weighted by atomic mass is 16.5. The van der Waals surface area contributed by atoms with Gasteiger partial charge in [0.05, 0.1) is 7.11 Å². The minimum absolute atomic E-state index is 0.0740. The first-order chi connectivity index (χ1) is 13.7. The number of rotatable bonds is 8. The molecule has 0 saturated heterocycles. The number of anilines is 1. The van der Waals surface area contributed by atoms with Crippen LogP contribution in [0.5, 0.6) is 5.75 Å². The number of ether oxygens (including phenoxy) is 1.